The summed E-state index contributed by atoms with van der Waals surface area (Å²) in [5, 5.41) is 8.61. The van der Waals surface area contributed by atoms with Gasteiger partial charge in [0.15, 0.2) is 0 Å². The third-order valence-electron chi connectivity index (χ3n) is 6.38. The number of nitrogens with zero attached hydrogens (tertiary/aromatic N) is 3. The molecule has 0 unspecified atom stereocenters. The van der Waals surface area contributed by atoms with Crippen molar-refractivity contribution in [3.63, 3.8) is 0 Å². The number of aromatic nitrogens is 3. The normalized spacial score (nSPS) is 15.1. The molecule has 0 spiro atoms. The van der Waals surface area contributed by atoms with E-state index in [1.807, 2.05) is 55.5 Å². The lowest BCUT2D eigenvalue weighted by Gasteiger charge is -2.25. The number of aryl methyl sites for hydroxylation is 2. The molecule has 35 heavy (non-hydrogen) atoms. The minimum Gasteiger partial charge on any atom is -0.489 e. The van der Waals surface area contributed by atoms with E-state index in [1.54, 1.807) is 16.0 Å². The molecule has 1 aliphatic heterocycles. The summed E-state index contributed by atoms with van der Waals surface area (Å²) in [5.74, 6) is 1.27. The van der Waals surface area contributed by atoms with Gasteiger partial charge in [0, 0.05) is 23.5 Å². The van der Waals surface area contributed by atoms with Crippen LogP contribution in [0, 0.1) is 13.8 Å². The zero-order valence-corrected chi connectivity index (χ0v) is 20.3. The number of hydrogen-bond acceptors (Lipinski definition) is 5. The van der Waals surface area contributed by atoms with E-state index < -0.39 is 0 Å². The molecule has 6 nitrogen and oxygen atoms in total. The van der Waals surface area contributed by atoms with E-state index >= 15 is 0 Å². The minimum atomic E-state index is -0.156. The topological polar surface area (TPSA) is 69.0 Å². The third-order valence-corrected chi connectivity index (χ3v) is 7.39. The highest BCUT2D eigenvalue weighted by molar-refractivity contribution is 7.20. The third kappa shape index (κ3) is 3.98. The van der Waals surface area contributed by atoms with Crippen molar-refractivity contribution in [3.05, 3.63) is 101 Å². The van der Waals surface area contributed by atoms with Crippen LogP contribution in [0.1, 0.15) is 40.3 Å². The van der Waals surface area contributed by atoms with Gasteiger partial charge in [-0.25, -0.2) is 4.98 Å². The molecule has 0 saturated heterocycles. The monoisotopic (exact) mass is 480 g/mol. The Morgan fingerprint density at radius 3 is 2.63 bits per heavy atom. The quantitative estimate of drug-likeness (QED) is 0.327. The van der Waals surface area contributed by atoms with Crippen molar-refractivity contribution < 1.29 is 9.53 Å². The van der Waals surface area contributed by atoms with Gasteiger partial charge in [0.2, 0.25) is 11.0 Å². The highest BCUT2D eigenvalue weighted by Gasteiger charge is 2.34. The van der Waals surface area contributed by atoms with Crippen LogP contribution in [0.5, 0.6) is 5.75 Å². The summed E-state index contributed by atoms with van der Waals surface area (Å²) < 4.78 is 9.12. The van der Waals surface area contributed by atoms with Crippen molar-refractivity contribution in [2.24, 2.45) is 0 Å². The average Bonchev–Trinajstić information content (AvgIpc) is 3.44. The van der Waals surface area contributed by atoms with Gasteiger partial charge >= 0.3 is 0 Å². The van der Waals surface area contributed by atoms with E-state index in [0.29, 0.717) is 18.8 Å². The number of anilines is 1. The predicted octanol–water partition coefficient (Wildman–Crippen LogP) is 6.15. The Kier molecular flexibility index (Phi) is 5.34. The van der Waals surface area contributed by atoms with Crippen LogP contribution in [0.4, 0.5) is 5.82 Å². The van der Waals surface area contributed by atoms with E-state index in [2.05, 4.69) is 36.5 Å². The number of amides is 1. The molecule has 0 fully saturated rings. The number of ether oxygens (including phenoxy) is 1. The molecule has 0 radical (unpaired) electrons. The smallest absolute Gasteiger partial charge is 0.226 e. The van der Waals surface area contributed by atoms with Gasteiger partial charge in [-0.15, -0.1) is 0 Å². The van der Waals surface area contributed by atoms with Crippen molar-refractivity contribution >= 4 is 33.3 Å². The highest BCUT2D eigenvalue weighted by atomic mass is 32.1. The van der Waals surface area contributed by atoms with Crippen molar-refractivity contribution in [1.29, 1.82) is 0 Å². The van der Waals surface area contributed by atoms with Gasteiger partial charge in [0.05, 0.1) is 15.9 Å². The van der Waals surface area contributed by atoms with Crippen LogP contribution in [0.2, 0.25) is 0 Å². The second-order valence-electron chi connectivity index (χ2n) is 8.84. The Hall–Kier alpha value is -3.97. The van der Waals surface area contributed by atoms with Gasteiger partial charge < -0.3 is 10.1 Å². The number of carbonyl (C=O) groups is 1. The van der Waals surface area contributed by atoms with Crippen LogP contribution in [-0.4, -0.2) is 20.7 Å². The fourth-order valence-corrected chi connectivity index (χ4v) is 5.57. The Balaban J connectivity index is 1.39. The van der Waals surface area contributed by atoms with Crippen molar-refractivity contribution in [3.8, 4) is 10.9 Å². The first-order valence-electron chi connectivity index (χ1n) is 11.6. The number of nitrogens with one attached hydrogen (secondary N) is 1. The molecule has 1 atom stereocenters. The standard InChI is InChI=1S/C28H24N4O2S/c1-17-11-13-19(14-12-17)16-34-23-9-5-3-7-20(23)21-15-25(33)30-27-26(21)18(2)31-32(27)28-29-22-8-4-6-10-24(22)35-28/h3-14,21H,15-16H2,1-2H3,(H,30,33)/t21-/m0/s1. The van der Waals surface area contributed by atoms with E-state index in [-0.39, 0.29) is 11.8 Å². The summed E-state index contributed by atoms with van der Waals surface area (Å²) in [6, 6.07) is 24.3. The Morgan fingerprint density at radius 1 is 1.03 bits per heavy atom. The lowest BCUT2D eigenvalue weighted by atomic mass is 9.85. The van der Waals surface area contributed by atoms with Crippen molar-refractivity contribution in [2.75, 3.05) is 5.32 Å². The molecular weight excluding hydrogens is 456 g/mol. The van der Waals surface area contributed by atoms with Crippen LogP contribution in [-0.2, 0) is 11.4 Å². The van der Waals surface area contributed by atoms with E-state index in [0.717, 1.165) is 43.5 Å². The number of thiazole rings is 1. The lowest BCUT2D eigenvalue weighted by molar-refractivity contribution is -0.116. The minimum absolute atomic E-state index is 0.0434. The molecule has 2 aromatic heterocycles. The van der Waals surface area contributed by atoms with E-state index in [4.69, 9.17) is 14.8 Å². The van der Waals surface area contributed by atoms with Gasteiger partial charge in [-0.3, -0.25) is 4.79 Å². The Labute approximate surface area is 207 Å². The summed E-state index contributed by atoms with van der Waals surface area (Å²) in [6.07, 6.45) is 0.338. The molecule has 1 N–H and O–H groups in total. The van der Waals surface area contributed by atoms with Crippen molar-refractivity contribution in [2.45, 2.75) is 32.8 Å². The summed E-state index contributed by atoms with van der Waals surface area (Å²) in [6.45, 7) is 4.53. The van der Waals surface area contributed by atoms with Crippen LogP contribution in [0.15, 0.2) is 72.8 Å². The second-order valence-corrected chi connectivity index (χ2v) is 9.85. The van der Waals surface area contributed by atoms with Crippen LogP contribution in [0.3, 0.4) is 0 Å². The maximum absolute atomic E-state index is 12.9. The van der Waals surface area contributed by atoms with Crippen LogP contribution < -0.4 is 10.1 Å². The number of para-hydroxylation sites is 2. The van der Waals surface area contributed by atoms with Crippen molar-refractivity contribution in [1.82, 2.24) is 14.8 Å². The summed E-state index contributed by atoms with van der Waals surface area (Å²) in [4.78, 5) is 17.6. The molecule has 5 aromatic rings. The first-order chi connectivity index (χ1) is 17.1. The Morgan fingerprint density at radius 2 is 1.80 bits per heavy atom. The Bertz CT molecular complexity index is 1520. The largest absolute Gasteiger partial charge is 0.489 e. The van der Waals surface area contributed by atoms with Gasteiger partial charge in [-0.2, -0.15) is 9.78 Å². The van der Waals surface area contributed by atoms with Crippen LogP contribution >= 0.6 is 11.3 Å². The van der Waals surface area contributed by atoms with Gasteiger partial charge in [-0.1, -0.05) is 71.5 Å². The summed E-state index contributed by atoms with van der Waals surface area (Å²) >= 11 is 1.56. The molecule has 0 aliphatic carbocycles. The molecule has 3 aromatic carbocycles. The predicted molar refractivity (Wildman–Crippen MR) is 139 cm³/mol. The average molecular weight is 481 g/mol. The molecule has 6 rings (SSSR count). The lowest BCUT2D eigenvalue weighted by Crippen LogP contribution is -2.25. The van der Waals surface area contributed by atoms with Gasteiger partial charge in [0.1, 0.15) is 18.2 Å². The maximum atomic E-state index is 12.9. The molecule has 1 aliphatic rings. The summed E-state index contributed by atoms with van der Waals surface area (Å²) in [5.41, 5.74) is 6.11. The van der Waals surface area contributed by atoms with Gasteiger partial charge in [-0.05, 0) is 37.6 Å². The first-order valence-corrected chi connectivity index (χ1v) is 12.4. The fourth-order valence-electron chi connectivity index (χ4n) is 4.65. The molecular formula is C28H24N4O2S. The number of fused-ring (bicyclic) bond motifs is 2. The fraction of sp³-hybridized carbons (Fsp3) is 0.179. The maximum Gasteiger partial charge on any atom is 0.226 e. The molecule has 174 valence electrons. The molecule has 7 heteroatoms. The molecule has 0 saturated carbocycles. The van der Waals surface area contributed by atoms with Crippen LogP contribution in [0.25, 0.3) is 15.3 Å². The zero-order valence-electron chi connectivity index (χ0n) is 19.5. The second kappa shape index (κ2) is 8.67. The summed E-state index contributed by atoms with van der Waals surface area (Å²) in [7, 11) is 0. The van der Waals surface area contributed by atoms with Gasteiger partial charge in [0.25, 0.3) is 0 Å². The number of carbonyl (C=O) groups excluding carboxylic acids is 1. The van der Waals surface area contributed by atoms with E-state index in [9.17, 15) is 4.79 Å². The van der Waals surface area contributed by atoms with E-state index in [1.165, 1.54) is 5.56 Å². The molecule has 3 heterocycles. The molecule has 1 amide bonds. The number of rotatable bonds is 5. The zero-order chi connectivity index (χ0) is 23.9. The SMILES string of the molecule is Cc1ccc(COc2ccccc2[C@@H]2CC(=O)Nc3c2c(C)nn3-c2nc3ccccc3s2)cc1. The molecule has 0 bridgehead atoms. The first kappa shape index (κ1) is 21.6. The number of benzene rings is 3. The number of hydrogen-bond donors (Lipinski definition) is 1. The highest BCUT2D eigenvalue weighted by Crippen LogP contribution is 2.43.